The maximum Gasteiger partial charge on any atom is 0.346 e. The lowest BCUT2D eigenvalue weighted by atomic mass is 10.1. The number of carbonyl (C=O) groups is 3. The summed E-state index contributed by atoms with van der Waals surface area (Å²) < 4.78 is 9.09. The Kier molecular flexibility index (Phi) is 5.28. The average Bonchev–Trinajstić information content (AvgIpc) is 2.16. The van der Waals surface area contributed by atoms with Crippen molar-refractivity contribution in [3.05, 3.63) is 0 Å². The Labute approximate surface area is 92.7 Å². The first kappa shape index (κ1) is 13.9. The molecule has 0 fully saturated rings. The number of carbonyl (C=O) groups excluding carboxylic acids is 3. The van der Waals surface area contributed by atoms with E-state index in [4.69, 9.17) is 11.6 Å². The highest BCUT2D eigenvalue weighted by atomic mass is 35.5. The smallest absolute Gasteiger partial charge is 0.346 e. The lowest BCUT2D eigenvalue weighted by molar-refractivity contribution is -0.161. The Balaban J connectivity index is 4.97. The van der Waals surface area contributed by atoms with Crippen LogP contribution in [0.25, 0.3) is 0 Å². The Morgan fingerprint density at radius 3 is 1.60 bits per heavy atom. The molecule has 0 bridgehead atoms. The Hall–Kier alpha value is -1.10. The van der Waals surface area contributed by atoms with Gasteiger partial charge in [-0.25, -0.2) is 9.59 Å². The molecule has 0 aliphatic heterocycles. The van der Waals surface area contributed by atoms with Crippen LogP contribution in [0.2, 0.25) is 0 Å². The molecule has 0 aliphatic carbocycles. The molecule has 0 radical (unpaired) electrons. The standard InChI is InChI=1S/C9H13ClO5/c1-4-14-7(12)9(10,6(3)11)8(13)15-5-2/h4-5H2,1-3H3. The molecular weight excluding hydrogens is 224 g/mol. The van der Waals surface area contributed by atoms with E-state index in [2.05, 4.69) is 9.47 Å². The van der Waals surface area contributed by atoms with Crippen molar-refractivity contribution in [3.8, 4) is 0 Å². The second-order valence-corrected chi connectivity index (χ2v) is 3.22. The first-order chi connectivity index (χ1) is 6.91. The monoisotopic (exact) mass is 236 g/mol. The van der Waals surface area contributed by atoms with Gasteiger partial charge >= 0.3 is 11.9 Å². The Morgan fingerprint density at radius 1 is 1.07 bits per heavy atom. The second-order valence-electron chi connectivity index (χ2n) is 2.66. The van der Waals surface area contributed by atoms with Crippen LogP contribution in [0.5, 0.6) is 0 Å². The first-order valence-corrected chi connectivity index (χ1v) is 4.83. The Bertz CT molecular complexity index is 256. The quantitative estimate of drug-likeness (QED) is 0.399. The van der Waals surface area contributed by atoms with Gasteiger partial charge in [-0.05, 0) is 20.8 Å². The van der Waals surface area contributed by atoms with Crippen molar-refractivity contribution in [2.24, 2.45) is 0 Å². The number of ketones is 1. The number of esters is 2. The minimum Gasteiger partial charge on any atom is -0.464 e. The summed E-state index contributed by atoms with van der Waals surface area (Å²) in [6.45, 7) is 4.17. The first-order valence-electron chi connectivity index (χ1n) is 4.45. The minimum absolute atomic E-state index is 0.0278. The van der Waals surface area contributed by atoms with E-state index in [9.17, 15) is 14.4 Å². The van der Waals surface area contributed by atoms with Gasteiger partial charge in [-0.2, -0.15) is 0 Å². The lowest BCUT2D eigenvalue weighted by Gasteiger charge is -2.19. The number of hydrogen-bond donors (Lipinski definition) is 0. The summed E-state index contributed by atoms with van der Waals surface area (Å²) in [6, 6.07) is 0. The second kappa shape index (κ2) is 5.70. The van der Waals surface area contributed by atoms with E-state index in [0.29, 0.717) is 0 Å². The van der Waals surface area contributed by atoms with Crippen LogP contribution in [-0.4, -0.2) is 35.8 Å². The third-order valence-electron chi connectivity index (χ3n) is 1.60. The van der Waals surface area contributed by atoms with Crippen LogP contribution in [-0.2, 0) is 23.9 Å². The molecule has 0 aliphatic rings. The van der Waals surface area contributed by atoms with Crippen LogP contribution in [0.15, 0.2) is 0 Å². The fraction of sp³-hybridized carbons (Fsp3) is 0.667. The van der Waals surface area contributed by atoms with Gasteiger partial charge < -0.3 is 9.47 Å². The SMILES string of the molecule is CCOC(=O)C(Cl)(C(C)=O)C(=O)OCC. The van der Waals surface area contributed by atoms with Crippen LogP contribution in [0.4, 0.5) is 0 Å². The normalized spacial score (nSPS) is 10.7. The van der Waals surface area contributed by atoms with Gasteiger partial charge in [0.15, 0.2) is 5.78 Å². The van der Waals surface area contributed by atoms with E-state index in [0.717, 1.165) is 6.92 Å². The van der Waals surface area contributed by atoms with E-state index in [1.165, 1.54) is 0 Å². The van der Waals surface area contributed by atoms with Gasteiger partial charge in [-0.3, -0.25) is 4.79 Å². The van der Waals surface area contributed by atoms with E-state index < -0.39 is 22.6 Å². The molecule has 0 heterocycles. The zero-order valence-corrected chi connectivity index (χ0v) is 9.59. The largest absolute Gasteiger partial charge is 0.464 e. The predicted octanol–water partition coefficient (Wildman–Crippen LogP) is 0.679. The maximum absolute atomic E-state index is 11.3. The highest BCUT2D eigenvalue weighted by molar-refractivity contribution is 6.55. The molecule has 86 valence electrons. The number of rotatable bonds is 5. The van der Waals surface area contributed by atoms with E-state index >= 15 is 0 Å². The summed E-state index contributed by atoms with van der Waals surface area (Å²) in [5, 5.41) is 0. The lowest BCUT2D eigenvalue weighted by Crippen LogP contribution is -2.49. The molecule has 0 aromatic carbocycles. The zero-order chi connectivity index (χ0) is 12.1. The predicted molar refractivity (Wildman–Crippen MR) is 52.5 cm³/mol. The number of Topliss-reactive ketones (excluding diaryl/α,β-unsaturated/α-hetero) is 1. The third kappa shape index (κ3) is 2.92. The van der Waals surface area contributed by atoms with Gasteiger partial charge in [0.2, 0.25) is 0 Å². The molecule has 0 unspecified atom stereocenters. The molecule has 6 heteroatoms. The van der Waals surface area contributed by atoms with Gasteiger partial charge in [0.25, 0.3) is 4.87 Å². The number of alkyl halides is 1. The Morgan fingerprint density at radius 2 is 1.40 bits per heavy atom. The molecule has 0 saturated carbocycles. The molecule has 0 N–H and O–H groups in total. The highest BCUT2D eigenvalue weighted by Gasteiger charge is 2.52. The molecule has 0 aromatic rings. The zero-order valence-electron chi connectivity index (χ0n) is 8.83. The third-order valence-corrected chi connectivity index (χ3v) is 2.17. The van der Waals surface area contributed by atoms with Gasteiger partial charge in [0.05, 0.1) is 13.2 Å². The van der Waals surface area contributed by atoms with E-state index in [1.807, 2.05) is 0 Å². The summed E-state index contributed by atoms with van der Waals surface area (Å²) in [4.78, 5) is 31.5. The van der Waals surface area contributed by atoms with Crippen molar-refractivity contribution in [3.63, 3.8) is 0 Å². The number of halogens is 1. The molecule has 0 atom stereocenters. The van der Waals surface area contributed by atoms with Crippen LogP contribution >= 0.6 is 11.6 Å². The fourth-order valence-corrected chi connectivity index (χ4v) is 0.941. The average molecular weight is 237 g/mol. The molecule has 0 amide bonds. The van der Waals surface area contributed by atoms with Gasteiger partial charge in [0, 0.05) is 0 Å². The van der Waals surface area contributed by atoms with E-state index in [-0.39, 0.29) is 13.2 Å². The molecule has 5 nitrogen and oxygen atoms in total. The summed E-state index contributed by atoms with van der Waals surface area (Å²) in [5.74, 6) is -3.02. The molecular formula is C9H13ClO5. The number of ether oxygens (including phenoxy) is 2. The summed E-state index contributed by atoms with van der Waals surface area (Å²) in [5.41, 5.74) is 0. The molecule has 0 saturated heterocycles. The van der Waals surface area contributed by atoms with Gasteiger partial charge in [0.1, 0.15) is 0 Å². The van der Waals surface area contributed by atoms with Crippen LogP contribution in [0.1, 0.15) is 20.8 Å². The molecule has 0 aromatic heterocycles. The summed E-state index contributed by atoms with van der Waals surface area (Å²) in [6.07, 6.45) is 0. The maximum atomic E-state index is 11.3. The highest BCUT2D eigenvalue weighted by Crippen LogP contribution is 2.21. The van der Waals surface area contributed by atoms with E-state index in [1.54, 1.807) is 13.8 Å². The topological polar surface area (TPSA) is 69.7 Å². The minimum atomic E-state index is -2.37. The van der Waals surface area contributed by atoms with Crippen LogP contribution in [0.3, 0.4) is 0 Å². The van der Waals surface area contributed by atoms with Crippen LogP contribution < -0.4 is 0 Å². The van der Waals surface area contributed by atoms with Gasteiger partial charge in [-0.15, -0.1) is 0 Å². The van der Waals surface area contributed by atoms with Crippen molar-refractivity contribution in [2.45, 2.75) is 25.6 Å². The molecule has 0 spiro atoms. The van der Waals surface area contributed by atoms with Crippen molar-refractivity contribution in [1.29, 1.82) is 0 Å². The van der Waals surface area contributed by atoms with Crippen molar-refractivity contribution in [2.75, 3.05) is 13.2 Å². The summed E-state index contributed by atoms with van der Waals surface area (Å²) in [7, 11) is 0. The van der Waals surface area contributed by atoms with Gasteiger partial charge in [-0.1, -0.05) is 11.6 Å². The van der Waals surface area contributed by atoms with Crippen molar-refractivity contribution >= 4 is 29.3 Å². The molecule has 0 rings (SSSR count). The number of hydrogen-bond acceptors (Lipinski definition) is 5. The fourth-order valence-electron chi connectivity index (χ4n) is 0.832. The summed E-state index contributed by atoms with van der Waals surface area (Å²) >= 11 is 5.63. The molecule has 15 heavy (non-hydrogen) atoms. The van der Waals surface area contributed by atoms with Crippen LogP contribution in [0, 0.1) is 0 Å². The van der Waals surface area contributed by atoms with Crippen molar-refractivity contribution in [1.82, 2.24) is 0 Å². The van der Waals surface area contributed by atoms with Crippen molar-refractivity contribution < 1.29 is 23.9 Å².